The van der Waals surface area contributed by atoms with Gasteiger partial charge in [-0.25, -0.2) is 4.39 Å². The van der Waals surface area contributed by atoms with Gasteiger partial charge in [0, 0.05) is 24.8 Å². The number of nitrogens with zero attached hydrogens (tertiary/aromatic N) is 1. The van der Waals surface area contributed by atoms with Crippen molar-refractivity contribution in [2.75, 3.05) is 17.3 Å². The zero-order valence-electron chi connectivity index (χ0n) is 12.7. The number of nitrogens with one attached hydrogen (secondary N) is 1. The second kappa shape index (κ2) is 5.27. The van der Waals surface area contributed by atoms with E-state index in [2.05, 4.69) is 19.2 Å². The summed E-state index contributed by atoms with van der Waals surface area (Å²) in [6.07, 6.45) is 5.38. The second-order valence-electron chi connectivity index (χ2n) is 6.80. The number of hydrogen-bond acceptors (Lipinski definition) is 2. The lowest BCUT2D eigenvalue weighted by molar-refractivity contribution is 0.439. The number of fused-ring (bicyclic) bond motifs is 2. The van der Waals surface area contributed by atoms with Gasteiger partial charge in [0.1, 0.15) is 5.82 Å². The highest BCUT2D eigenvalue weighted by molar-refractivity contribution is 5.56. The first-order valence-electron chi connectivity index (χ1n) is 7.83. The summed E-state index contributed by atoms with van der Waals surface area (Å²) in [4.78, 5) is 1.97. The van der Waals surface area contributed by atoms with Crippen molar-refractivity contribution in [3.8, 4) is 0 Å². The van der Waals surface area contributed by atoms with E-state index in [-0.39, 0.29) is 5.82 Å². The maximum Gasteiger partial charge on any atom is 0.148 e. The van der Waals surface area contributed by atoms with Gasteiger partial charge in [0.2, 0.25) is 0 Å². The molecular weight excluding hydrogens is 251 g/mol. The molecular formula is C17H25FN2. The van der Waals surface area contributed by atoms with E-state index in [0.29, 0.717) is 17.8 Å². The quantitative estimate of drug-likeness (QED) is 0.883. The first-order chi connectivity index (χ1) is 9.54. The highest BCUT2D eigenvalue weighted by Gasteiger charge is 2.39. The molecule has 0 amide bonds. The molecule has 3 rings (SSSR count). The molecule has 2 fully saturated rings. The fraction of sp³-hybridized carbons (Fsp3) is 0.647. The van der Waals surface area contributed by atoms with Crippen LogP contribution in [-0.2, 0) is 0 Å². The second-order valence-corrected chi connectivity index (χ2v) is 6.80. The third kappa shape index (κ3) is 2.50. The Hall–Kier alpha value is -1.25. The van der Waals surface area contributed by atoms with Gasteiger partial charge < -0.3 is 10.2 Å². The number of anilines is 2. The van der Waals surface area contributed by atoms with Crippen molar-refractivity contribution in [3.05, 3.63) is 24.0 Å². The summed E-state index contributed by atoms with van der Waals surface area (Å²) in [5, 5.41) is 3.55. The maximum absolute atomic E-state index is 14.2. The predicted octanol–water partition coefficient (Wildman–Crippen LogP) is 4.27. The summed E-state index contributed by atoms with van der Waals surface area (Å²) < 4.78 is 14.2. The SMILES string of the molecule is CC(C)N(C)c1ccc(NC2CC3CCC2C3)cc1F. The van der Waals surface area contributed by atoms with E-state index in [0.717, 1.165) is 17.5 Å². The molecule has 0 saturated heterocycles. The van der Waals surface area contributed by atoms with Crippen molar-refractivity contribution in [1.82, 2.24) is 0 Å². The minimum atomic E-state index is -0.130. The molecule has 2 saturated carbocycles. The predicted molar refractivity (Wildman–Crippen MR) is 82.8 cm³/mol. The van der Waals surface area contributed by atoms with E-state index in [1.54, 1.807) is 6.07 Å². The molecule has 20 heavy (non-hydrogen) atoms. The van der Waals surface area contributed by atoms with Gasteiger partial charge in [0.25, 0.3) is 0 Å². The van der Waals surface area contributed by atoms with Crippen LogP contribution in [0.2, 0.25) is 0 Å². The van der Waals surface area contributed by atoms with Gasteiger partial charge in [0.15, 0.2) is 0 Å². The van der Waals surface area contributed by atoms with Crippen LogP contribution in [-0.4, -0.2) is 19.1 Å². The van der Waals surface area contributed by atoms with Gasteiger partial charge in [-0.3, -0.25) is 0 Å². The smallest absolute Gasteiger partial charge is 0.148 e. The Morgan fingerprint density at radius 2 is 2.05 bits per heavy atom. The summed E-state index contributed by atoms with van der Waals surface area (Å²) in [6, 6.07) is 6.42. The molecule has 2 aliphatic carbocycles. The molecule has 2 bridgehead atoms. The average Bonchev–Trinajstić information content (AvgIpc) is 3.00. The van der Waals surface area contributed by atoms with E-state index in [9.17, 15) is 4.39 Å². The Labute approximate surface area is 121 Å². The van der Waals surface area contributed by atoms with E-state index in [4.69, 9.17) is 0 Å². The van der Waals surface area contributed by atoms with Gasteiger partial charge in [-0.1, -0.05) is 6.42 Å². The Bertz CT molecular complexity index is 486. The molecule has 1 N–H and O–H groups in total. The maximum atomic E-state index is 14.2. The van der Waals surface area contributed by atoms with Crippen LogP contribution in [0.3, 0.4) is 0 Å². The van der Waals surface area contributed by atoms with Gasteiger partial charge >= 0.3 is 0 Å². The van der Waals surface area contributed by atoms with Gasteiger partial charge in [0.05, 0.1) is 5.69 Å². The highest BCUT2D eigenvalue weighted by Crippen LogP contribution is 2.45. The molecule has 3 atom stereocenters. The van der Waals surface area contributed by atoms with E-state index >= 15 is 0 Å². The Morgan fingerprint density at radius 1 is 1.25 bits per heavy atom. The lowest BCUT2D eigenvalue weighted by Gasteiger charge is -2.26. The van der Waals surface area contributed by atoms with Crippen LogP contribution in [0.5, 0.6) is 0 Å². The Kier molecular flexibility index (Phi) is 3.61. The highest BCUT2D eigenvalue weighted by atomic mass is 19.1. The normalized spacial score (nSPS) is 28.1. The van der Waals surface area contributed by atoms with Crippen molar-refractivity contribution in [3.63, 3.8) is 0 Å². The minimum Gasteiger partial charge on any atom is -0.382 e. The third-order valence-electron chi connectivity index (χ3n) is 5.19. The lowest BCUT2D eigenvalue weighted by atomic mass is 9.95. The number of halogens is 1. The number of benzene rings is 1. The van der Waals surface area contributed by atoms with E-state index in [1.165, 1.54) is 25.7 Å². The molecule has 0 aromatic heterocycles. The van der Waals surface area contributed by atoms with Crippen molar-refractivity contribution < 1.29 is 4.39 Å². The Morgan fingerprint density at radius 3 is 2.60 bits per heavy atom. The summed E-state index contributed by atoms with van der Waals surface area (Å²) in [5.41, 5.74) is 1.61. The lowest BCUT2D eigenvalue weighted by Crippen LogP contribution is -2.27. The zero-order valence-corrected chi connectivity index (χ0v) is 12.7. The van der Waals surface area contributed by atoms with Crippen LogP contribution in [0.1, 0.15) is 39.5 Å². The van der Waals surface area contributed by atoms with Crippen LogP contribution in [0.15, 0.2) is 18.2 Å². The summed E-state index contributed by atoms with van der Waals surface area (Å²) in [5.74, 6) is 1.59. The zero-order chi connectivity index (χ0) is 14.3. The molecule has 0 radical (unpaired) electrons. The first kappa shape index (κ1) is 13.7. The van der Waals surface area contributed by atoms with Crippen LogP contribution < -0.4 is 10.2 Å². The monoisotopic (exact) mass is 276 g/mol. The molecule has 3 unspecified atom stereocenters. The number of hydrogen-bond donors (Lipinski definition) is 1. The van der Waals surface area contributed by atoms with Gasteiger partial charge in [-0.05, 0) is 63.1 Å². The molecule has 2 aliphatic rings. The van der Waals surface area contributed by atoms with E-state index in [1.807, 2.05) is 24.1 Å². The molecule has 2 nitrogen and oxygen atoms in total. The molecule has 1 aromatic rings. The summed E-state index contributed by atoms with van der Waals surface area (Å²) >= 11 is 0. The van der Waals surface area contributed by atoms with Crippen LogP contribution in [0.25, 0.3) is 0 Å². The van der Waals surface area contributed by atoms with Crippen LogP contribution >= 0.6 is 0 Å². The minimum absolute atomic E-state index is 0.130. The first-order valence-corrected chi connectivity index (χ1v) is 7.83. The molecule has 3 heteroatoms. The Balaban J connectivity index is 1.71. The van der Waals surface area contributed by atoms with E-state index < -0.39 is 0 Å². The summed E-state index contributed by atoms with van der Waals surface area (Å²) in [7, 11) is 1.94. The summed E-state index contributed by atoms with van der Waals surface area (Å²) in [6.45, 7) is 4.14. The van der Waals surface area contributed by atoms with Crippen molar-refractivity contribution >= 4 is 11.4 Å². The fourth-order valence-corrected chi connectivity index (χ4v) is 3.80. The van der Waals surface area contributed by atoms with Crippen LogP contribution in [0.4, 0.5) is 15.8 Å². The van der Waals surface area contributed by atoms with Crippen molar-refractivity contribution in [1.29, 1.82) is 0 Å². The molecule has 0 heterocycles. The molecule has 0 aliphatic heterocycles. The van der Waals surface area contributed by atoms with Gasteiger partial charge in [-0.15, -0.1) is 0 Å². The molecule has 1 aromatic carbocycles. The average molecular weight is 276 g/mol. The van der Waals surface area contributed by atoms with Gasteiger partial charge in [-0.2, -0.15) is 0 Å². The topological polar surface area (TPSA) is 15.3 Å². The fourth-order valence-electron chi connectivity index (χ4n) is 3.80. The van der Waals surface area contributed by atoms with Crippen molar-refractivity contribution in [2.24, 2.45) is 11.8 Å². The van der Waals surface area contributed by atoms with Crippen LogP contribution in [0, 0.1) is 17.7 Å². The molecule has 0 spiro atoms. The largest absolute Gasteiger partial charge is 0.382 e. The standard InChI is InChI=1S/C17H25FN2/c1-11(2)20(3)17-7-6-14(10-15(17)18)19-16-9-12-4-5-13(16)8-12/h6-7,10-13,16,19H,4-5,8-9H2,1-3H3. The third-order valence-corrected chi connectivity index (χ3v) is 5.19. The number of rotatable bonds is 4. The van der Waals surface area contributed by atoms with Crippen molar-refractivity contribution in [2.45, 2.75) is 51.6 Å². The molecule has 110 valence electrons.